The summed E-state index contributed by atoms with van der Waals surface area (Å²) in [6, 6.07) is 0. The summed E-state index contributed by atoms with van der Waals surface area (Å²) >= 11 is 0. The first-order chi connectivity index (χ1) is 4.83. The molecular formula is C8H15NO. The molecule has 1 aliphatic heterocycles. The van der Waals surface area contributed by atoms with E-state index in [0.29, 0.717) is 5.41 Å². The van der Waals surface area contributed by atoms with E-state index in [4.69, 9.17) is 0 Å². The summed E-state index contributed by atoms with van der Waals surface area (Å²) in [6.45, 7) is 2.05. The third-order valence-electron chi connectivity index (χ3n) is 3.13. The smallest absolute Gasteiger partial charge is 0.0620 e. The van der Waals surface area contributed by atoms with Crippen LogP contribution in [0.1, 0.15) is 25.7 Å². The molecule has 0 aromatic heterocycles. The molecular weight excluding hydrogens is 126 g/mol. The van der Waals surface area contributed by atoms with Crippen LogP contribution in [0.15, 0.2) is 0 Å². The van der Waals surface area contributed by atoms with Gasteiger partial charge < -0.3 is 10.4 Å². The maximum absolute atomic E-state index is 9.64. The highest BCUT2D eigenvalue weighted by Gasteiger charge is 2.44. The minimum Gasteiger partial charge on any atom is -0.392 e. The van der Waals surface area contributed by atoms with Gasteiger partial charge in [-0.3, -0.25) is 0 Å². The Labute approximate surface area is 61.6 Å². The molecule has 0 aromatic rings. The van der Waals surface area contributed by atoms with Crippen LogP contribution in [0.2, 0.25) is 0 Å². The molecule has 1 atom stereocenters. The van der Waals surface area contributed by atoms with Crippen molar-refractivity contribution in [1.29, 1.82) is 0 Å². The van der Waals surface area contributed by atoms with Gasteiger partial charge in [0, 0.05) is 12.0 Å². The van der Waals surface area contributed by atoms with Crippen LogP contribution in [0.25, 0.3) is 0 Å². The summed E-state index contributed by atoms with van der Waals surface area (Å²) in [5.74, 6) is 0. The van der Waals surface area contributed by atoms with Crippen molar-refractivity contribution in [2.24, 2.45) is 5.41 Å². The van der Waals surface area contributed by atoms with Crippen molar-refractivity contribution in [3.8, 4) is 0 Å². The van der Waals surface area contributed by atoms with Crippen molar-refractivity contribution in [1.82, 2.24) is 5.32 Å². The Morgan fingerprint density at radius 1 is 1.40 bits per heavy atom. The summed E-state index contributed by atoms with van der Waals surface area (Å²) in [7, 11) is 0. The fourth-order valence-corrected chi connectivity index (χ4v) is 2.14. The number of aliphatic hydroxyl groups excluding tert-OH is 1. The lowest BCUT2D eigenvalue weighted by Gasteiger charge is -2.48. The third-order valence-corrected chi connectivity index (χ3v) is 3.13. The van der Waals surface area contributed by atoms with Gasteiger partial charge in [-0.2, -0.15) is 0 Å². The predicted molar refractivity (Wildman–Crippen MR) is 39.8 cm³/mol. The quantitative estimate of drug-likeness (QED) is 0.515. The number of aliphatic hydroxyl groups is 1. The first kappa shape index (κ1) is 6.62. The molecule has 2 nitrogen and oxygen atoms in total. The molecule has 1 saturated carbocycles. The lowest BCUT2D eigenvalue weighted by Crippen LogP contribution is -2.53. The molecule has 2 N–H and O–H groups in total. The Hall–Kier alpha value is -0.0800. The van der Waals surface area contributed by atoms with Crippen molar-refractivity contribution in [2.75, 3.05) is 13.1 Å². The molecule has 10 heavy (non-hydrogen) atoms. The van der Waals surface area contributed by atoms with Crippen molar-refractivity contribution < 1.29 is 5.11 Å². The Bertz CT molecular complexity index is 131. The molecule has 2 aliphatic rings. The minimum absolute atomic E-state index is 0.0116. The van der Waals surface area contributed by atoms with Crippen LogP contribution in [0.3, 0.4) is 0 Å². The first-order valence-electron chi connectivity index (χ1n) is 4.22. The monoisotopic (exact) mass is 141 g/mol. The van der Waals surface area contributed by atoms with Gasteiger partial charge in [0.25, 0.3) is 0 Å². The maximum atomic E-state index is 9.64. The van der Waals surface area contributed by atoms with Gasteiger partial charge >= 0.3 is 0 Å². The first-order valence-corrected chi connectivity index (χ1v) is 4.22. The van der Waals surface area contributed by atoms with Crippen LogP contribution in [0.5, 0.6) is 0 Å². The van der Waals surface area contributed by atoms with E-state index in [-0.39, 0.29) is 6.10 Å². The van der Waals surface area contributed by atoms with Crippen LogP contribution in [-0.2, 0) is 0 Å². The van der Waals surface area contributed by atoms with E-state index in [2.05, 4.69) is 5.32 Å². The van der Waals surface area contributed by atoms with Gasteiger partial charge in [-0.05, 0) is 25.8 Å². The summed E-state index contributed by atoms with van der Waals surface area (Å²) in [6.07, 6.45) is 4.74. The zero-order chi connectivity index (χ0) is 7.03. The van der Waals surface area contributed by atoms with Gasteiger partial charge in [0.2, 0.25) is 0 Å². The molecule has 1 heterocycles. The Morgan fingerprint density at radius 2 is 2.20 bits per heavy atom. The van der Waals surface area contributed by atoms with Crippen molar-refractivity contribution in [2.45, 2.75) is 31.8 Å². The SMILES string of the molecule is OC1CCNCC12CCC2. The van der Waals surface area contributed by atoms with E-state index >= 15 is 0 Å². The number of rotatable bonds is 0. The molecule has 58 valence electrons. The van der Waals surface area contributed by atoms with Gasteiger partial charge in [-0.15, -0.1) is 0 Å². The lowest BCUT2D eigenvalue weighted by molar-refractivity contribution is -0.0538. The molecule has 1 spiro atoms. The molecule has 1 saturated heterocycles. The maximum Gasteiger partial charge on any atom is 0.0620 e. The fourth-order valence-electron chi connectivity index (χ4n) is 2.14. The molecule has 1 unspecified atom stereocenters. The molecule has 2 fully saturated rings. The predicted octanol–water partition coefficient (Wildman–Crippen LogP) is 0.511. The van der Waals surface area contributed by atoms with Crippen LogP contribution in [0.4, 0.5) is 0 Å². The lowest BCUT2D eigenvalue weighted by atomic mass is 9.63. The van der Waals surface area contributed by atoms with E-state index in [1.165, 1.54) is 19.3 Å². The van der Waals surface area contributed by atoms with E-state index in [0.717, 1.165) is 19.5 Å². The minimum atomic E-state index is -0.0116. The summed E-state index contributed by atoms with van der Waals surface area (Å²) < 4.78 is 0. The Balaban J connectivity index is 2.03. The van der Waals surface area contributed by atoms with Crippen LogP contribution in [-0.4, -0.2) is 24.3 Å². The number of hydrogen-bond donors (Lipinski definition) is 2. The Morgan fingerprint density at radius 3 is 2.60 bits per heavy atom. The summed E-state index contributed by atoms with van der Waals surface area (Å²) in [5, 5.41) is 13.0. The van der Waals surface area contributed by atoms with Gasteiger partial charge in [0.05, 0.1) is 6.10 Å². The molecule has 0 amide bonds. The van der Waals surface area contributed by atoms with Gasteiger partial charge in [-0.25, -0.2) is 0 Å². The second-order valence-electron chi connectivity index (χ2n) is 3.70. The second kappa shape index (κ2) is 2.21. The van der Waals surface area contributed by atoms with Crippen LogP contribution >= 0.6 is 0 Å². The average molecular weight is 141 g/mol. The molecule has 2 rings (SSSR count). The number of nitrogens with one attached hydrogen (secondary N) is 1. The van der Waals surface area contributed by atoms with E-state index in [1.807, 2.05) is 0 Å². The van der Waals surface area contributed by atoms with Crippen LogP contribution in [0, 0.1) is 5.41 Å². The van der Waals surface area contributed by atoms with E-state index in [9.17, 15) is 5.11 Å². The molecule has 2 heteroatoms. The highest BCUT2D eigenvalue weighted by Crippen LogP contribution is 2.45. The third kappa shape index (κ3) is 0.789. The fraction of sp³-hybridized carbons (Fsp3) is 1.00. The highest BCUT2D eigenvalue weighted by molar-refractivity contribution is 4.97. The topological polar surface area (TPSA) is 32.3 Å². The van der Waals surface area contributed by atoms with Crippen molar-refractivity contribution in [3.63, 3.8) is 0 Å². The second-order valence-corrected chi connectivity index (χ2v) is 3.70. The van der Waals surface area contributed by atoms with E-state index < -0.39 is 0 Å². The Kier molecular flexibility index (Phi) is 1.46. The number of piperidine rings is 1. The summed E-state index contributed by atoms with van der Waals surface area (Å²) in [5.41, 5.74) is 0.304. The molecule has 0 bridgehead atoms. The van der Waals surface area contributed by atoms with Crippen molar-refractivity contribution in [3.05, 3.63) is 0 Å². The zero-order valence-electron chi connectivity index (χ0n) is 6.27. The average Bonchev–Trinajstić information content (AvgIpc) is 1.85. The normalized spacial score (nSPS) is 37.5. The summed E-state index contributed by atoms with van der Waals surface area (Å²) in [4.78, 5) is 0. The van der Waals surface area contributed by atoms with E-state index in [1.54, 1.807) is 0 Å². The van der Waals surface area contributed by atoms with Gasteiger partial charge in [0.1, 0.15) is 0 Å². The largest absolute Gasteiger partial charge is 0.392 e. The molecule has 1 aliphatic carbocycles. The standard InChI is InChI=1S/C8H15NO/c10-7-2-5-9-6-8(7)3-1-4-8/h7,9-10H,1-6H2. The molecule has 0 radical (unpaired) electrons. The molecule has 0 aromatic carbocycles. The van der Waals surface area contributed by atoms with Gasteiger partial charge in [0.15, 0.2) is 0 Å². The van der Waals surface area contributed by atoms with Crippen molar-refractivity contribution >= 4 is 0 Å². The zero-order valence-corrected chi connectivity index (χ0v) is 6.27. The number of hydrogen-bond acceptors (Lipinski definition) is 2. The van der Waals surface area contributed by atoms with Crippen LogP contribution < -0.4 is 5.32 Å². The highest BCUT2D eigenvalue weighted by atomic mass is 16.3. The van der Waals surface area contributed by atoms with Gasteiger partial charge in [-0.1, -0.05) is 6.42 Å².